The predicted octanol–water partition coefficient (Wildman–Crippen LogP) is 2.50. The molecule has 6 nitrogen and oxygen atoms in total. The summed E-state index contributed by atoms with van der Waals surface area (Å²) in [5.74, 6) is 1.82. The molecule has 0 bridgehead atoms. The Labute approximate surface area is 153 Å². The fourth-order valence-electron chi connectivity index (χ4n) is 3.22. The maximum absolute atomic E-state index is 12.2. The number of carbonyl (C=O) groups is 1. The number of nitrogens with zero attached hydrogens (tertiary/aromatic N) is 4. The minimum atomic E-state index is 0.0126. The van der Waals surface area contributed by atoms with Gasteiger partial charge in [-0.3, -0.25) is 9.69 Å². The fraction of sp³-hybridized carbons (Fsp3) is 0.611. The van der Waals surface area contributed by atoms with Crippen molar-refractivity contribution in [2.45, 2.75) is 39.0 Å². The van der Waals surface area contributed by atoms with Crippen LogP contribution in [-0.2, 0) is 31.1 Å². The highest BCUT2D eigenvalue weighted by Gasteiger charge is 2.20. The number of thiazole rings is 1. The molecule has 7 heteroatoms. The maximum Gasteiger partial charge on any atom is 0.240 e. The molecule has 2 aromatic rings. The van der Waals surface area contributed by atoms with E-state index in [0.29, 0.717) is 6.54 Å². The summed E-state index contributed by atoms with van der Waals surface area (Å²) in [4.78, 5) is 24.6. The maximum atomic E-state index is 12.2. The van der Waals surface area contributed by atoms with Crippen molar-refractivity contribution in [2.75, 3.05) is 25.5 Å². The lowest BCUT2D eigenvalue weighted by atomic mass is 9.93. The number of aryl methyl sites for hydroxylation is 3. The summed E-state index contributed by atoms with van der Waals surface area (Å²) in [6.45, 7) is 3.54. The average molecular weight is 362 g/mol. The zero-order valence-corrected chi connectivity index (χ0v) is 16.1. The third-order valence-corrected chi connectivity index (χ3v) is 5.74. The SMILES string of the molecule is C[C@@H]1CCc2nc(NC(=O)CN(C)CCCc3nccn3C)sc2C1. The number of amides is 1. The number of fused-ring (bicyclic) bond motifs is 1. The number of rotatable bonds is 7. The molecule has 1 aliphatic carbocycles. The molecule has 2 aromatic heterocycles. The highest BCUT2D eigenvalue weighted by molar-refractivity contribution is 7.15. The van der Waals surface area contributed by atoms with Crippen LogP contribution in [0.4, 0.5) is 5.13 Å². The Hall–Kier alpha value is -1.73. The van der Waals surface area contributed by atoms with Gasteiger partial charge in [0.1, 0.15) is 5.82 Å². The van der Waals surface area contributed by atoms with Crippen LogP contribution >= 0.6 is 11.3 Å². The third-order valence-electron chi connectivity index (χ3n) is 4.71. The number of anilines is 1. The molecular formula is C18H27N5OS. The second-order valence-electron chi connectivity index (χ2n) is 7.08. The monoisotopic (exact) mass is 361 g/mol. The second-order valence-corrected chi connectivity index (χ2v) is 8.16. The van der Waals surface area contributed by atoms with Gasteiger partial charge in [-0.2, -0.15) is 0 Å². The van der Waals surface area contributed by atoms with Crippen molar-refractivity contribution in [2.24, 2.45) is 13.0 Å². The van der Waals surface area contributed by atoms with Gasteiger partial charge in [0, 0.05) is 30.7 Å². The lowest BCUT2D eigenvalue weighted by molar-refractivity contribution is -0.117. The summed E-state index contributed by atoms with van der Waals surface area (Å²) in [6.07, 6.45) is 9.02. The topological polar surface area (TPSA) is 63.1 Å². The van der Waals surface area contributed by atoms with Crippen molar-refractivity contribution in [3.05, 3.63) is 28.8 Å². The number of carbonyl (C=O) groups excluding carboxylic acids is 1. The van der Waals surface area contributed by atoms with E-state index in [9.17, 15) is 4.79 Å². The molecule has 0 aromatic carbocycles. The van der Waals surface area contributed by atoms with E-state index in [-0.39, 0.29) is 5.91 Å². The van der Waals surface area contributed by atoms with Gasteiger partial charge in [-0.1, -0.05) is 6.92 Å². The smallest absolute Gasteiger partial charge is 0.240 e. The lowest BCUT2D eigenvalue weighted by Crippen LogP contribution is -2.31. The summed E-state index contributed by atoms with van der Waals surface area (Å²) in [5.41, 5.74) is 1.18. The Kier molecular flexibility index (Phi) is 5.86. The van der Waals surface area contributed by atoms with Crippen LogP contribution < -0.4 is 5.32 Å². The molecule has 0 saturated heterocycles. The normalized spacial score (nSPS) is 16.9. The van der Waals surface area contributed by atoms with Crippen molar-refractivity contribution in [1.82, 2.24) is 19.4 Å². The van der Waals surface area contributed by atoms with Crippen LogP contribution in [-0.4, -0.2) is 45.5 Å². The van der Waals surface area contributed by atoms with E-state index in [1.54, 1.807) is 11.3 Å². The van der Waals surface area contributed by atoms with Gasteiger partial charge in [-0.25, -0.2) is 9.97 Å². The minimum Gasteiger partial charge on any atom is -0.338 e. The van der Waals surface area contributed by atoms with Gasteiger partial charge in [0.2, 0.25) is 5.91 Å². The lowest BCUT2D eigenvalue weighted by Gasteiger charge is -2.15. The first kappa shape index (κ1) is 18.1. The summed E-state index contributed by atoms with van der Waals surface area (Å²) in [7, 11) is 3.99. The zero-order valence-electron chi connectivity index (χ0n) is 15.3. The number of hydrogen-bond donors (Lipinski definition) is 1. The van der Waals surface area contributed by atoms with Crippen molar-refractivity contribution >= 4 is 22.4 Å². The molecule has 0 saturated carbocycles. The molecular weight excluding hydrogens is 334 g/mol. The van der Waals surface area contributed by atoms with Gasteiger partial charge in [0.25, 0.3) is 0 Å². The van der Waals surface area contributed by atoms with Crippen LogP contribution in [0.5, 0.6) is 0 Å². The van der Waals surface area contributed by atoms with Gasteiger partial charge in [-0.05, 0) is 45.2 Å². The number of aromatic nitrogens is 3. The first-order valence-electron chi connectivity index (χ1n) is 8.94. The van der Waals surface area contributed by atoms with Gasteiger partial charge in [-0.15, -0.1) is 11.3 Å². The minimum absolute atomic E-state index is 0.0126. The van der Waals surface area contributed by atoms with Crippen LogP contribution in [0.15, 0.2) is 12.4 Å². The molecule has 3 rings (SSSR count). The molecule has 0 fully saturated rings. The Morgan fingerprint density at radius 3 is 3.12 bits per heavy atom. The highest BCUT2D eigenvalue weighted by Crippen LogP contribution is 2.31. The van der Waals surface area contributed by atoms with E-state index in [1.165, 1.54) is 17.0 Å². The zero-order chi connectivity index (χ0) is 17.8. The molecule has 0 spiro atoms. The van der Waals surface area contributed by atoms with E-state index in [0.717, 1.165) is 49.1 Å². The van der Waals surface area contributed by atoms with Gasteiger partial charge >= 0.3 is 0 Å². The number of nitrogens with one attached hydrogen (secondary N) is 1. The number of imidazole rings is 1. The van der Waals surface area contributed by atoms with Crippen LogP contribution in [0.2, 0.25) is 0 Å². The predicted molar refractivity (Wildman–Crippen MR) is 101 cm³/mol. The molecule has 0 radical (unpaired) electrons. The summed E-state index contributed by atoms with van der Waals surface area (Å²) < 4.78 is 2.04. The Morgan fingerprint density at radius 1 is 1.52 bits per heavy atom. The van der Waals surface area contributed by atoms with Gasteiger partial charge in [0.05, 0.1) is 12.2 Å². The Balaban J connectivity index is 1.42. The first-order valence-corrected chi connectivity index (χ1v) is 9.76. The molecule has 1 N–H and O–H groups in total. The molecule has 1 aliphatic rings. The van der Waals surface area contributed by atoms with Crippen LogP contribution in [0.1, 0.15) is 36.2 Å². The molecule has 25 heavy (non-hydrogen) atoms. The van der Waals surface area contributed by atoms with Crippen molar-refractivity contribution < 1.29 is 4.79 Å². The Bertz CT molecular complexity index is 723. The van der Waals surface area contributed by atoms with E-state index < -0.39 is 0 Å². The fourth-order valence-corrected chi connectivity index (χ4v) is 4.41. The van der Waals surface area contributed by atoms with Crippen LogP contribution in [0, 0.1) is 5.92 Å². The number of likely N-dealkylation sites (N-methyl/N-ethyl adjacent to an activating group) is 1. The van der Waals surface area contributed by atoms with E-state index in [1.807, 2.05) is 36.0 Å². The summed E-state index contributed by atoms with van der Waals surface area (Å²) in [5, 5.41) is 3.72. The molecule has 136 valence electrons. The third kappa shape index (κ3) is 4.89. The van der Waals surface area contributed by atoms with Crippen LogP contribution in [0.3, 0.4) is 0 Å². The molecule has 0 unspecified atom stereocenters. The van der Waals surface area contributed by atoms with E-state index in [2.05, 4.69) is 22.2 Å². The van der Waals surface area contributed by atoms with Gasteiger partial charge < -0.3 is 9.88 Å². The number of hydrogen-bond acceptors (Lipinski definition) is 5. The van der Waals surface area contributed by atoms with Crippen molar-refractivity contribution in [3.8, 4) is 0 Å². The van der Waals surface area contributed by atoms with Crippen LogP contribution in [0.25, 0.3) is 0 Å². The van der Waals surface area contributed by atoms with Crippen molar-refractivity contribution in [1.29, 1.82) is 0 Å². The molecule has 0 aliphatic heterocycles. The molecule has 2 heterocycles. The molecule has 1 atom stereocenters. The van der Waals surface area contributed by atoms with Crippen molar-refractivity contribution in [3.63, 3.8) is 0 Å². The standard InChI is InChI=1S/C18H27N5OS/c1-13-6-7-14-15(11-13)25-18(20-14)21-17(24)12-22(2)9-4-5-16-19-8-10-23(16)3/h8,10,13H,4-7,9,11-12H2,1-3H3,(H,20,21,24)/t13-/m1/s1. The highest BCUT2D eigenvalue weighted by atomic mass is 32.1. The van der Waals surface area contributed by atoms with E-state index >= 15 is 0 Å². The van der Waals surface area contributed by atoms with Gasteiger partial charge in [0.15, 0.2) is 5.13 Å². The Morgan fingerprint density at radius 2 is 2.36 bits per heavy atom. The second kappa shape index (κ2) is 8.10. The largest absolute Gasteiger partial charge is 0.338 e. The summed E-state index contributed by atoms with van der Waals surface area (Å²) >= 11 is 1.64. The molecule has 1 amide bonds. The first-order chi connectivity index (χ1) is 12.0. The summed E-state index contributed by atoms with van der Waals surface area (Å²) in [6, 6.07) is 0. The average Bonchev–Trinajstić information content (AvgIpc) is 3.12. The van der Waals surface area contributed by atoms with E-state index in [4.69, 9.17) is 0 Å². The quantitative estimate of drug-likeness (QED) is 0.823.